The molecule has 2 rings (SSSR count). The van der Waals surface area contributed by atoms with Crippen molar-refractivity contribution in [2.45, 2.75) is 19.9 Å². The average molecular weight is 272 g/mol. The molecule has 0 saturated heterocycles. The largest absolute Gasteiger partial charge is 0.377 e. The molecule has 0 aliphatic rings. The highest BCUT2D eigenvalue weighted by Crippen LogP contribution is 2.25. The lowest BCUT2D eigenvalue weighted by Crippen LogP contribution is -2.09. The Balaban J connectivity index is 2.30. The van der Waals surface area contributed by atoms with Crippen LogP contribution in [0.25, 0.3) is 0 Å². The molecule has 0 radical (unpaired) electrons. The lowest BCUT2D eigenvalue weighted by molar-refractivity contribution is 0.577. The maximum atomic E-state index is 13.2. The van der Waals surface area contributed by atoms with Crippen LogP contribution in [-0.4, -0.2) is 0 Å². The van der Waals surface area contributed by atoms with Crippen LogP contribution in [-0.2, 0) is 0 Å². The van der Waals surface area contributed by atoms with Gasteiger partial charge in [0, 0.05) is 12.1 Å². The summed E-state index contributed by atoms with van der Waals surface area (Å²) < 4.78 is 26.4. The van der Waals surface area contributed by atoms with Crippen LogP contribution in [0.4, 0.5) is 14.5 Å². The molecule has 0 fully saturated rings. The maximum absolute atomic E-state index is 13.2. The first-order chi connectivity index (χ1) is 9.51. The lowest BCUT2D eigenvalue weighted by Gasteiger charge is -2.17. The molecule has 1 atom stereocenters. The van der Waals surface area contributed by atoms with E-state index in [2.05, 4.69) is 11.4 Å². The summed E-state index contributed by atoms with van der Waals surface area (Å²) in [5, 5.41) is 12.3. The van der Waals surface area contributed by atoms with E-state index in [0.717, 1.165) is 11.6 Å². The number of hydrogen-bond acceptors (Lipinski definition) is 2. The molecule has 20 heavy (non-hydrogen) atoms. The fourth-order valence-corrected chi connectivity index (χ4v) is 2.08. The highest BCUT2D eigenvalue weighted by Gasteiger charge is 2.11. The van der Waals surface area contributed by atoms with E-state index >= 15 is 0 Å². The average Bonchev–Trinajstić information content (AvgIpc) is 2.37. The van der Waals surface area contributed by atoms with E-state index in [9.17, 15) is 8.78 Å². The van der Waals surface area contributed by atoms with Gasteiger partial charge in [-0.25, -0.2) is 8.78 Å². The van der Waals surface area contributed by atoms with Crippen LogP contribution in [0.1, 0.15) is 29.7 Å². The van der Waals surface area contributed by atoms with E-state index in [4.69, 9.17) is 5.26 Å². The van der Waals surface area contributed by atoms with Crippen LogP contribution >= 0.6 is 0 Å². The summed E-state index contributed by atoms with van der Waals surface area (Å²) in [6.07, 6.45) is 0. The topological polar surface area (TPSA) is 35.8 Å². The monoisotopic (exact) mass is 272 g/mol. The van der Waals surface area contributed by atoms with E-state index < -0.39 is 11.6 Å². The molecule has 0 saturated carbocycles. The first-order valence-corrected chi connectivity index (χ1v) is 6.23. The van der Waals surface area contributed by atoms with Crippen molar-refractivity contribution in [1.29, 1.82) is 5.26 Å². The van der Waals surface area contributed by atoms with Crippen LogP contribution in [0.2, 0.25) is 0 Å². The van der Waals surface area contributed by atoms with E-state index in [1.807, 2.05) is 19.1 Å². The molecule has 2 nitrogen and oxygen atoms in total. The highest BCUT2D eigenvalue weighted by molar-refractivity contribution is 5.61. The molecule has 0 aliphatic carbocycles. The van der Waals surface area contributed by atoms with Crippen LogP contribution in [0, 0.1) is 29.9 Å². The quantitative estimate of drug-likeness (QED) is 0.903. The Hall–Kier alpha value is -2.41. The van der Waals surface area contributed by atoms with Gasteiger partial charge in [0.2, 0.25) is 0 Å². The van der Waals surface area contributed by atoms with Crippen molar-refractivity contribution >= 4 is 5.69 Å². The third-order valence-electron chi connectivity index (χ3n) is 3.14. The smallest absolute Gasteiger partial charge is 0.126 e. The summed E-state index contributed by atoms with van der Waals surface area (Å²) in [5.74, 6) is -1.23. The van der Waals surface area contributed by atoms with Gasteiger partial charge < -0.3 is 5.32 Å². The standard InChI is InChI=1S/C16H14F2N2/c1-10-4-3-5-16(15(10)9-19)20-11(2)12-6-13(17)8-14(18)7-12/h3-8,11,20H,1-2H3. The molecule has 0 amide bonds. The molecule has 1 unspecified atom stereocenters. The van der Waals surface area contributed by atoms with Crippen molar-refractivity contribution < 1.29 is 8.78 Å². The van der Waals surface area contributed by atoms with Gasteiger partial charge in [-0.2, -0.15) is 5.26 Å². The second-order valence-corrected chi connectivity index (χ2v) is 4.68. The van der Waals surface area contributed by atoms with Gasteiger partial charge in [0.05, 0.1) is 11.3 Å². The highest BCUT2D eigenvalue weighted by atomic mass is 19.1. The number of benzene rings is 2. The summed E-state index contributed by atoms with van der Waals surface area (Å²) >= 11 is 0. The lowest BCUT2D eigenvalue weighted by atomic mass is 10.0. The van der Waals surface area contributed by atoms with E-state index in [0.29, 0.717) is 16.8 Å². The number of nitriles is 1. The van der Waals surface area contributed by atoms with Crippen LogP contribution in [0.3, 0.4) is 0 Å². The van der Waals surface area contributed by atoms with Gasteiger partial charge >= 0.3 is 0 Å². The van der Waals surface area contributed by atoms with Crippen molar-refractivity contribution in [1.82, 2.24) is 0 Å². The van der Waals surface area contributed by atoms with Gasteiger partial charge in [0.1, 0.15) is 17.7 Å². The first kappa shape index (κ1) is 14.0. The number of nitrogens with one attached hydrogen (secondary N) is 1. The van der Waals surface area contributed by atoms with Crippen molar-refractivity contribution in [3.63, 3.8) is 0 Å². The first-order valence-electron chi connectivity index (χ1n) is 6.23. The minimum atomic E-state index is -0.613. The molecule has 0 aliphatic heterocycles. The third kappa shape index (κ3) is 2.94. The third-order valence-corrected chi connectivity index (χ3v) is 3.14. The summed E-state index contributed by atoms with van der Waals surface area (Å²) in [6, 6.07) is 10.7. The van der Waals surface area contributed by atoms with E-state index in [-0.39, 0.29) is 6.04 Å². The van der Waals surface area contributed by atoms with Gasteiger partial charge in [-0.15, -0.1) is 0 Å². The van der Waals surface area contributed by atoms with Crippen molar-refractivity contribution in [3.05, 3.63) is 64.7 Å². The van der Waals surface area contributed by atoms with Gasteiger partial charge in [-0.05, 0) is 43.2 Å². The van der Waals surface area contributed by atoms with Gasteiger partial charge in [-0.1, -0.05) is 12.1 Å². The predicted molar refractivity (Wildman–Crippen MR) is 74.3 cm³/mol. The van der Waals surface area contributed by atoms with Crippen molar-refractivity contribution in [2.24, 2.45) is 0 Å². The van der Waals surface area contributed by atoms with Crippen molar-refractivity contribution in [2.75, 3.05) is 5.32 Å². The number of nitrogens with zero attached hydrogens (tertiary/aromatic N) is 1. The minimum Gasteiger partial charge on any atom is -0.377 e. The SMILES string of the molecule is Cc1cccc(NC(C)c2cc(F)cc(F)c2)c1C#N. The van der Waals surface area contributed by atoms with Crippen LogP contribution in [0.15, 0.2) is 36.4 Å². The Morgan fingerprint density at radius 1 is 1.15 bits per heavy atom. The zero-order chi connectivity index (χ0) is 14.7. The van der Waals surface area contributed by atoms with Crippen molar-refractivity contribution in [3.8, 4) is 6.07 Å². The Kier molecular flexibility index (Phi) is 3.99. The zero-order valence-corrected chi connectivity index (χ0v) is 11.2. The van der Waals surface area contributed by atoms with Gasteiger partial charge in [0.15, 0.2) is 0 Å². The maximum Gasteiger partial charge on any atom is 0.126 e. The molecule has 0 bridgehead atoms. The van der Waals surface area contributed by atoms with E-state index in [1.165, 1.54) is 12.1 Å². The molecule has 0 spiro atoms. The Labute approximate surface area is 116 Å². The fourth-order valence-electron chi connectivity index (χ4n) is 2.08. The Bertz CT molecular complexity index is 654. The minimum absolute atomic E-state index is 0.311. The van der Waals surface area contributed by atoms with E-state index in [1.54, 1.807) is 13.0 Å². The molecular formula is C16H14F2N2. The predicted octanol–water partition coefficient (Wildman–Crippen LogP) is 4.32. The molecule has 2 aromatic carbocycles. The van der Waals surface area contributed by atoms with Crippen LogP contribution < -0.4 is 5.32 Å². The Morgan fingerprint density at radius 2 is 1.80 bits per heavy atom. The summed E-state index contributed by atoms with van der Waals surface area (Å²) in [7, 11) is 0. The molecule has 4 heteroatoms. The van der Waals surface area contributed by atoms with Crippen LogP contribution in [0.5, 0.6) is 0 Å². The molecule has 0 heterocycles. The molecular weight excluding hydrogens is 258 g/mol. The second kappa shape index (κ2) is 5.70. The summed E-state index contributed by atoms with van der Waals surface area (Å²) in [6.45, 7) is 3.63. The number of anilines is 1. The van der Waals surface area contributed by atoms with Gasteiger partial charge in [0.25, 0.3) is 0 Å². The normalized spacial score (nSPS) is 11.8. The molecule has 1 N–H and O–H groups in total. The second-order valence-electron chi connectivity index (χ2n) is 4.68. The number of aryl methyl sites for hydroxylation is 1. The molecule has 2 aromatic rings. The number of halogens is 2. The fraction of sp³-hybridized carbons (Fsp3) is 0.188. The summed E-state index contributed by atoms with van der Waals surface area (Å²) in [4.78, 5) is 0. The molecule has 0 aromatic heterocycles. The number of rotatable bonds is 3. The molecule has 102 valence electrons. The zero-order valence-electron chi connectivity index (χ0n) is 11.2. The number of hydrogen-bond donors (Lipinski definition) is 1. The van der Waals surface area contributed by atoms with Gasteiger partial charge in [-0.3, -0.25) is 0 Å². The summed E-state index contributed by atoms with van der Waals surface area (Å²) in [5.41, 5.74) is 2.55. The Morgan fingerprint density at radius 3 is 2.40 bits per heavy atom.